The SMILES string of the molecule is C1COOC1.CCC[CH2][Sn][CH2]CCC. The molecule has 0 unspecified atom stereocenters. The van der Waals surface area contributed by atoms with Crippen molar-refractivity contribution in [3.05, 3.63) is 0 Å². The molecule has 0 aromatic rings. The predicted octanol–water partition coefficient (Wildman–Crippen LogP) is 3.47. The topological polar surface area (TPSA) is 18.5 Å². The molecule has 14 heavy (non-hydrogen) atoms. The Kier molecular flexibility index (Phi) is 14.4. The second-order valence-electron chi connectivity index (χ2n) is 3.45. The van der Waals surface area contributed by atoms with Gasteiger partial charge in [0.2, 0.25) is 0 Å². The molecule has 0 amide bonds. The second-order valence-corrected chi connectivity index (χ2v) is 7.74. The standard InChI is InChI=1S/2C4H9.C3H6O2.Sn/c2*1-3-4-2;1-2-4-5-3-1;/h2*1,3-4H2,2H3;1-3H2;. The van der Waals surface area contributed by atoms with Crippen LogP contribution in [0, 0.1) is 0 Å². The van der Waals surface area contributed by atoms with Crippen molar-refractivity contribution in [3.63, 3.8) is 0 Å². The first kappa shape index (κ1) is 14.7. The van der Waals surface area contributed by atoms with Crippen LogP contribution in [0.4, 0.5) is 0 Å². The Hall–Kier alpha value is 0.719. The third-order valence-electron chi connectivity index (χ3n) is 1.95. The van der Waals surface area contributed by atoms with E-state index in [-0.39, 0.29) is 21.1 Å². The van der Waals surface area contributed by atoms with Gasteiger partial charge in [-0.25, -0.2) is 9.78 Å². The molecule has 0 aromatic carbocycles. The van der Waals surface area contributed by atoms with Gasteiger partial charge in [0, 0.05) is 6.42 Å². The molecular weight excluding hydrogens is 283 g/mol. The molecule has 0 spiro atoms. The maximum atomic E-state index is 4.44. The Morgan fingerprint density at radius 3 is 1.71 bits per heavy atom. The zero-order chi connectivity index (χ0) is 10.5. The van der Waals surface area contributed by atoms with Gasteiger partial charge in [0.25, 0.3) is 0 Å². The average molecular weight is 307 g/mol. The Bertz CT molecular complexity index is 81.7. The van der Waals surface area contributed by atoms with E-state index in [0.717, 1.165) is 19.6 Å². The Morgan fingerprint density at radius 1 is 0.929 bits per heavy atom. The molecule has 0 saturated carbocycles. The summed E-state index contributed by atoms with van der Waals surface area (Å²) < 4.78 is 3.25. The van der Waals surface area contributed by atoms with E-state index in [1.165, 1.54) is 25.7 Å². The molecule has 0 aliphatic carbocycles. The summed E-state index contributed by atoms with van der Waals surface area (Å²) in [5.74, 6) is 0. The molecule has 1 aliphatic heterocycles. The van der Waals surface area contributed by atoms with Gasteiger partial charge in [0.15, 0.2) is 0 Å². The van der Waals surface area contributed by atoms with Gasteiger partial charge >= 0.3 is 69.5 Å². The van der Waals surface area contributed by atoms with E-state index in [0.29, 0.717) is 0 Å². The summed E-state index contributed by atoms with van der Waals surface area (Å²) in [7, 11) is 0. The Morgan fingerprint density at radius 2 is 1.43 bits per heavy atom. The quantitative estimate of drug-likeness (QED) is 0.425. The summed E-state index contributed by atoms with van der Waals surface area (Å²) in [5, 5.41) is 0. The minimum atomic E-state index is 0.149. The van der Waals surface area contributed by atoms with Crippen molar-refractivity contribution in [1.29, 1.82) is 0 Å². The monoisotopic (exact) mass is 308 g/mol. The van der Waals surface area contributed by atoms with E-state index in [4.69, 9.17) is 0 Å². The van der Waals surface area contributed by atoms with Crippen LogP contribution in [-0.2, 0) is 9.78 Å². The van der Waals surface area contributed by atoms with Gasteiger partial charge in [-0.1, -0.05) is 0 Å². The van der Waals surface area contributed by atoms with E-state index < -0.39 is 0 Å². The van der Waals surface area contributed by atoms with Crippen LogP contribution in [-0.4, -0.2) is 34.4 Å². The van der Waals surface area contributed by atoms with Gasteiger partial charge in [0.1, 0.15) is 0 Å². The number of rotatable bonds is 6. The molecule has 2 radical (unpaired) electrons. The Balaban J connectivity index is 0.000000280. The van der Waals surface area contributed by atoms with Crippen LogP contribution >= 0.6 is 0 Å². The van der Waals surface area contributed by atoms with Crippen molar-refractivity contribution in [3.8, 4) is 0 Å². The van der Waals surface area contributed by atoms with Gasteiger partial charge in [0.05, 0.1) is 13.2 Å². The molecule has 1 fully saturated rings. The molecule has 0 aromatic heterocycles. The summed E-state index contributed by atoms with van der Waals surface area (Å²) in [4.78, 5) is 8.89. The van der Waals surface area contributed by atoms with E-state index in [2.05, 4.69) is 23.6 Å². The molecule has 1 saturated heterocycles. The summed E-state index contributed by atoms with van der Waals surface area (Å²) >= 11 is 0.149. The summed E-state index contributed by atoms with van der Waals surface area (Å²) in [5.41, 5.74) is 0. The fraction of sp³-hybridized carbons (Fsp3) is 1.00. The fourth-order valence-electron chi connectivity index (χ4n) is 1.02. The van der Waals surface area contributed by atoms with Crippen LogP contribution in [0.1, 0.15) is 46.0 Å². The van der Waals surface area contributed by atoms with Crippen LogP contribution in [0.25, 0.3) is 0 Å². The number of unbranched alkanes of at least 4 members (excludes halogenated alkanes) is 2. The second kappa shape index (κ2) is 13.7. The number of hydrogen-bond donors (Lipinski definition) is 0. The molecular formula is C11H24O2Sn. The average Bonchev–Trinajstić information content (AvgIpc) is 2.76. The van der Waals surface area contributed by atoms with Gasteiger partial charge in [-0.05, 0) is 0 Å². The molecule has 3 heteroatoms. The van der Waals surface area contributed by atoms with E-state index in [1.807, 2.05) is 0 Å². The molecule has 1 aliphatic rings. The molecule has 0 bridgehead atoms. The van der Waals surface area contributed by atoms with Gasteiger partial charge in [-0.2, -0.15) is 0 Å². The summed E-state index contributed by atoms with van der Waals surface area (Å²) in [6.07, 6.45) is 6.89. The van der Waals surface area contributed by atoms with Crippen LogP contribution in [0.2, 0.25) is 8.87 Å². The molecule has 0 N–H and O–H groups in total. The van der Waals surface area contributed by atoms with Crippen molar-refractivity contribution in [2.45, 2.75) is 54.8 Å². The molecule has 1 rings (SSSR count). The molecule has 1 heterocycles. The third kappa shape index (κ3) is 12.7. The van der Waals surface area contributed by atoms with E-state index in [9.17, 15) is 0 Å². The van der Waals surface area contributed by atoms with E-state index in [1.54, 1.807) is 8.87 Å². The van der Waals surface area contributed by atoms with Gasteiger partial charge < -0.3 is 0 Å². The normalized spacial score (nSPS) is 15.0. The minimum absolute atomic E-state index is 0.149. The van der Waals surface area contributed by atoms with Crippen LogP contribution in [0.15, 0.2) is 0 Å². The zero-order valence-corrected chi connectivity index (χ0v) is 12.5. The van der Waals surface area contributed by atoms with Crippen molar-refractivity contribution < 1.29 is 9.78 Å². The van der Waals surface area contributed by atoms with Gasteiger partial charge in [-0.15, -0.1) is 0 Å². The van der Waals surface area contributed by atoms with Gasteiger partial charge in [-0.3, -0.25) is 0 Å². The Labute approximate surface area is 98.9 Å². The first-order valence-electron chi connectivity index (χ1n) is 5.87. The zero-order valence-electron chi connectivity index (χ0n) is 9.68. The summed E-state index contributed by atoms with van der Waals surface area (Å²) in [6.45, 7) is 6.14. The van der Waals surface area contributed by atoms with Crippen LogP contribution < -0.4 is 0 Å². The van der Waals surface area contributed by atoms with E-state index >= 15 is 0 Å². The first-order valence-corrected chi connectivity index (χ1v) is 9.90. The van der Waals surface area contributed by atoms with Crippen LogP contribution in [0.5, 0.6) is 0 Å². The summed E-state index contributed by atoms with van der Waals surface area (Å²) in [6, 6.07) is 0. The first-order chi connectivity index (χ1) is 6.91. The molecule has 84 valence electrons. The maximum absolute atomic E-state index is 4.44. The molecule has 0 atom stereocenters. The van der Waals surface area contributed by atoms with Crippen molar-refractivity contribution in [2.75, 3.05) is 13.2 Å². The van der Waals surface area contributed by atoms with Crippen LogP contribution in [0.3, 0.4) is 0 Å². The van der Waals surface area contributed by atoms with Crippen molar-refractivity contribution in [2.24, 2.45) is 0 Å². The molecule has 2 nitrogen and oxygen atoms in total. The fourth-order valence-corrected chi connectivity index (χ4v) is 5.18. The third-order valence-corrected chi connectivity index (χ3v) is 5.99. The number of hydrogen-bond acceptors (Lipinski definition) is 2. The predicted molar refractivity (Wildman–Crippen MR) is 61.7 cm³/mol. The van der Waals surface area contributed by atoms with Crippen molar-refractivity contribution >= 4 is 21.1 Å². The van der Waals surface area contributed by atoms with Crippen molar-refractivity contribution in [1.82, 2.24) is 0 Å².